The van der Waals surface area contributed by atoms with Gasteiger partial charge in [0.05, 0.1) is 5.75 Å². The molecule has 0 aliphatic carbocycles. The number of nitrogens with zero attached hydrogens (tertiary/aromatic N) is 2. The van der Waals surface area contributed by atoms with Crippen LogP contribution in [0.5, 0.6) is 0 Å². The summed E-state index contributed by atoms with van der Waals surface area (Å²) < 4.78 is 0. The zero-order valence-electron chi connectivity index (χ0n) is 13.3. The van der Waals surface area contributed by atoms with Crippen LogP contribution in [0.1, 0.15) is 20.7 Å². The molecule has 3 aromatic rings. The van der Waals surface area contributed by atoms with Crippen molar-refractivity contribution in [3.63, 3.8) is 0 Å². The molecule has 3 rings (SSSR count). The lowest BCUT2D eigenvalue weighted by atomic mass is 10.1. The molecule has 0 saturated carbocycles. The van der Waals surface area contributed by atoms with E-state index in [1.54, 1.807) is 54.9 Å². The minimum absolute atomic E-state index is 0.0154. The molecule has 0 fully saturated rings. The lowest BCUT2D eigenvalue weighted by Gasteiger charge is -2.06. The topological polar surface area (TPSA) is 72.0 Å². The number of rotatable bonds is 6. The SMILES string of the molecule is O=C(CSc1ncccn1)c1ccc(NC(=O)c2ccccc2)cc1. The fourth-order valence-electron chi connectivity index (χ4n) is 2.11. The summed E-state index contributed by atoms with van der Waals surface area (Å²) in [4.78, 5) is 32.5. The summed E-state index contributed by atoms with van der Waals surface area (Å²) in [5.74, 6) is 0.0644. The molecule has 0 atom stereocenters. The van der Waals surface area contributed by atoms with E-state index in [0.717, 1.165) is 0 Å². The number of carbonyl (C=O) groups is 2. The van der Waals surface area contributed by atoms with Crippen LogP contribution in [-0.4, -0.2) is 27.4 Å². The molecule has 5 nitrogen and oxygen atoms in total. The van der Waals surface area contributed by atoms with Gasteiger partial charge in [-0.15, -0.1) is 0 Å². The number of hydrogen-bond acceptors (Lipinski definition) is 5. The molecule has 0 radical (unpaired) electrons. The van der Waals surface area contributed by atoms with Gasteiger partial charge in [0.25, 0.3) is 5.91 Å². The summed E-state index contributed by atoms with van der Waals surface area (Å²) in [6.45, 7) is 0. The van der Waals surface area contributed by atoms with E-state index in [1.165, 1.54) is 11.8 Å². The van der Waals surface area contributed by atoms with Crippen LogP contribution in [0.4, 0.5) is 5.69 Å². The maximum absolute atomic E-state index is 12.2. The van der Waals surface area contributed by atoms with Crippen LogP contribution in [0.2, 0.25) is 0 Å². The second kappa shape index (κ2) is 8.21. The smallest absolute Gasteiger partial charge is 0.255 e. The fraction of sp³-hybridized carbons (Fsp3) is 0.0526. The summed E-state index contributed by atoms with van der Waals surface area (Å²) in [5.41, 5.74) is 1.81. The number of anilines is 1. The van der Waals surface area contributed by atoms with E-state index >= 15 is 0 Å². The van der Waals surface area contributed by atoms with Crippen molar-refractivity contribution in [1.82, 2.24) is 9.97 Å². The molecule has 2 aromatic carbocycles. The van der Waals surface area contributed by atoms with Gasteiger partial charge in [-0.3, -0.25) is 9.59 Å². The number of carbonyl (C=O) groups excluding carboxylic acids is 2. The number of hydrogen-bond donors (Lipinski definition) is 1. The van der Waals surface area contributed by atoms with Crippen LogP contribution in [0.25, 0.3) is 0 Å². The molecule has 124 valence electrons. The normalized spacial score (nSPS) is 10.2. The molecule has 0 unspecified atom stereocenters. The summed E-state index contributed by atoms with van der Waals surface area (Å²) in [7, 11) is 0. The molecule has 0 aliphatic rings. The number of amides is 1. The van der Waals surface area contributed by atoms with Crippen molar-refractivity contribution in [2.45, 2.75) is 5.16 Å². The van der Waals surface area contributed by atoms with E-state index < -0.39 is 0 Å². The maximum atomic E-state index is 12.2. The summed E-state index contributed by atoms with van der Waals surface area (Å²) in [6, 6.07) is 17.5. The first-order chi connectivity index (χ1) is 12.2. The Morgan fingerprint density at radius 3 is 2.20 bits per heavy atom. The standard InChI is InChI=1S/C19H15N3O2S/c23-17(13-25-19-20-11-4-12-21-19)14-7-9-16(10-8-14)22-18(24)15-5-2-1-3-6-15/h1-12H,13H2,(H,22,24). The van der Waals surface area contributed by atoms with Gasteiger partial charge in [-0.1, -0.05) is 30.0 Å². The van der Waals surface area contributed by atoms with Crippen molar-refractivity contribution in [1.29, 1.82) is 0 Å². The number of thioether (sulfide) groups is 1. The van der Waals surface area contributed by atoms with Gasteiger partial charge >= 0.3 is 0 Å². The third-order valence-electron chi connectivity index (χ3n) is 3.38. The summed E-state index contributed by atoms with van der Waals surface area (Å²) in [6.07, 6.45) is 3.29. The minimum atomic E-state index is -0.184. The van der Waals surface area contributed by atoms with E-state index in [0.29, 0.717) is 22.0 Å². The monoisotopic (exact) mass is 349 g/mol. The molecule has 25 heavy (non-hydrogen) atoms. The molecule has 1 amide bonds. The van der Waals surface area contributed by atoms with Gasteiger partial charge in [-0.2, -0.15) is 0 Å². The molecular formula is C19H15N3O2S. The predicted molar refractivity (Wildman–Crippen MR) is 97.9 cm³/mol. The lowest BCUT2D eigenvalue weighted by Crippen LogP contribution is -2.11. The fourth-order valence-corrected chi connectivity index (χ4v) is 2.80. The molecule has 0 spiro atoms. The van der Waals surface area contributed by atoms with E-state index in [9.17, 15) is 9.59 Å². The molecule has 0 saturated heterocycles. The predicted octanol–water partition coefficient (Wildman–Crippen LogP) is 3.70. The van der Waals surface area contributed by atoms with Crippen molar-refractivity contribution in [2.24, 2.45) is 0 Å². The Hall–Kier alpha value is -2.99. The quantitative estimate of drug-likeness (QED) is 0.417. The van der Waals surface area contributed by atoms with Gasteiger partial charge < -0.3 is 5.32 Å². The average molecular weight is 349 g/mol. The largest absolute Gasteiger partial charge is 0.322 e. The van der Waals surface area contributed by atoms with Crippen molar-refractivity contribution in [3.05, 3.63) is 84.2 Å². The van der Waals surface area contributed by atoms with Gasteiger partial charge in [0.2, 0.25) is 0 Å². The highest BCUT2D eigenvalue weighted by Crippen LogP contribution is 2.16. The second-order valence-corrected chi connectivity index (χ2v) is 6.08. The molecular weight excluding hydrogens is 334 g/mol. The Morgan fingerprint density at radius 1 is 0.840 bits per heavy atom. The number of ketones is 1. The summed E-state index contributed by atoms with van der Waals surface area (Å²) >= 11 is 1.29. The second-order valence-electron chi connectivity index (χ2n) is 5.14. The third-order valence-corrected chi connectivity index (χ3v) is 4.25. The molecule has 0 aliphatic heterocycles. The van der Waals surface area contributed by atoms with Crippen molar-refractivity contribution in [2.75, 3.05) is 11.1 Å². The van der Waals surface area contributed by atoms with E-state index in [2.05, 4.69) is 15.3 Å². The Morgan fingerprint density at radius 2 is 1.52 bits per heavy atom. The first-order valence-corrected chi connectivity index (χ1v) is 8.60. The zero-order valence-corrected chi connectivity index (χ0v) is 14.1. The Labute approximate surface area is 149 Å². The van der Waals surface area contributed by atoms with Crippen LogP contribution < -0.4 is 5.32 Å². The van der Waals surface area contributed by atoms with Crippen LogP contribution in [0.15, 0.2) is 78.2 Å². The Bertz CT molecular complexity index is 853. The van der Waals surface area contributed by atoms with Crippen LogP contribution in [0, 0.1) is 0 Å². The first kappa shape index (κ1) is 16.9. The van der Waals surface area contributed by atoms with Crippen molar-refractivity contribution in [3.8, 4) is 0 Å². The first-order valence-electron chi connectivity index (χ1n) is 7.62. The minimum Gasteiger partial charge on any atom is -0.322 e. The average Bonchev–Trinajstić information content (AvgIpc) is 2.68. The van der Waals surface area contributed by atoms with Gasteiger partial charge in [0.1, 0.15) is 0 Å². The number of nitrogens with one attached hydrogen (secondary N) is 1. The highest BCUT2D eigenvalue weighted by atomic mass is 32.2. The number of Topliss-reactive ketones (excluding diaryl/α,β-unsaturated/α-hetero) is 1. The molecule has 0 bridgehead atoms. The Balaban J connectivity index is 1.58. The van der Waals surface area contributed by atoms with Crippen LogP contribution >= 0.6 is 11.8 Å². The van der Waals surface area contributed by atoms with E-state index in [4.69, 9.17) is 0 Å². The van der Waals surface area contributed by atoms with Crippen molar-refractivity contribution < 1.29 is 9.59 Å². The number of aromatic nitrogens is 2. The molecule has 1 aromatic heterocycles. The third kappa shape index (κ3) is 4.74. The highest BCUT2D eigenvalue weighted by Gasteiger charge is 2.09. The van der Waals surface area contributed by atoms with Crippen LogP contribution in [0.3, 0.4) is 0 Å². The van der Waals surface area contributed by atoms with E-state index in [-0.39, 0.29) is 17.4 Å². The molecule has 1 N–H and O–H groups in total. The summed E-state index contributed by atoms with van der Waals surface area (Å²) in [5, 5.41) is 3.38. The van der Waals surface area contributed by atoms with Crippen LogP contribution in [-0.2, 0) is 0 Å². The molecule has 6 heteroatoms. The number of benzene rings is 2. The highest BCUT2D eigenvalue weighted by molar-refractivity contribution is 7.99. The van der Waals surface area contributed by atoms with Gasteiger partial charge in [0.15, 0.2) is 10.9 Å². The maximum Gasteiger partial charge on any atom is 0.255 e. The van der Waals surface area contributed by atoms with Crippen molar-refractivity contribution >= 4 is 29.1 Å². The van der Waals surface area contributed by atoms with Gasteiger partial charge in [0, 0.05) is 29.2 Å². The zero-order chi connectivity index (χ0) is 17.5. The van der Waals surface area contributed by atoms with E-state index in [1.807, 2.05) is 18.2 Å². The Kier molecular flexibility index (Phi) is 5.53. The molecule has 1 heterocycles. The van der Waals surface area contributed by atoms with Gasteiger partial charge in [-0.25, -0.2) is 9.97 Å². The lowest BCUT2D eigenvalue weighted by molar-refractivity contribution is 0.101. The van der Waals surface area contributed by atoms with Gasteiger partial charge in [-0.05, 0) is 42.5 Å².